The van der Waals surface area contributed by atoms with Crippen LogP contribution in [0.4, 0.5) is 8.78 Å². The van der Waals surface area contributed by atoms with E-state index in [0.717, 1.165) is 22.8 Å². The van der Waals surface area contributed by atoms with E-state index in [2.05, 4.69) is 4.98 Å². The molecule has 0 saturated heterocycles. The molecule has 4 nitrogen and oxygen atoms in total. The summed E-state index contributed by atoms with van der Waals surface area (Å²) in [6.45, 7) is 0. The molecule has 0 amide bonds. The molecule has 0 radical (unpaired) electrons. The van der Waals surface area contributed by atoms with Crippen LogP contribution in [0.5, 0.6) is 0 Å². The molecule has 0 saturated carbocycles. The SMILES string of the molecule is O=C1c2cc(F)ccc2-n2c1nc1cccc(F)c1c2=O. The Balaban J connectivity index is 2.21. The molecule has 0 N–H and O–H groups in total. The second-order valence-corrected chi connectivity index (χ2v) is 4.70. The number of nitrogens with zero attached hydrogens (tertiary/aromatic N) is 2. The number of halogens is 2. The Morgan fingerprint density at radius 2 is 1.86 bits per heavy atom. The Bertz CT molecular complexity index is 1010. The minimum atomic E-state index is -0.705. The zero-order chi connectivity index (χ0) is 14.7. The fourth-order valence-electron chi connectivity index (χ4n) is 2.57. The summed E-state index contributed by atoms with van der Waals surface area (Å²) in [7, 11) is 0. The summed E-state index contributed by atoms with van der Waals surface area (Å²) in [4.78, 5) is 28.8. The van der Waals surface area contributed by atoms with Gasteiger partial charge in [0.15, 0.2) is 5.82 Å². The number of ketones is 1. The van der Waals surface area contributed by atoms with Crippen molar-refractivity contribution in [3.63, 3.8) is 0 Å². The topological polar surface area (TPSA) is 52.0 Å². The third kappa shape index (κ3) is 1.44. The van der Waals surface area contributed by atoms with Crippen molar-refractivity contribution in [2.75, 3.05) is 0 Å². The number of carbonyl (C=O) groups is 1. The second-order valence-electron chi connectivity index (χ2n) is 4.70. The Kier molecular flexibility index (Phi) is 2.16. The minimum absolute atomic E-state index is 0.0512. The summed E-state index contributed by atoms with van der Waals surface area (Å²) < 4.78 is 28.2. The lowest BCUT2D eigenvalue weighted by molar-refractivity contribution is 0.103. The number of hydrogen-bond acceptors (Lipinski definition) is 3. The molecule has 21 heavy (non-hydrogen) atoms. The fourth-order valence-corrected chi connectivity index (χ4v) is 2.57. The summed E-state index contributed by atoms with van der Waals surface area (Å²) >= 11 is 0. The van der Waals surface area contributed by atoms with Crippen molar-refractivity contribution in [1.29, 1.82) is 0 Å². The Labute approximate surface area is 116 Å². The average molecular weight is 284 g/mol. The second kappa shape index (κ2) is 3.82. The van der Waals surface area contributed by atoms with Crippen LogP contribution in [0.1, 0.15) is 16.2 Å². The standard InChI is InChI=1S/C15H6F2N2O2/c16-7-4-5-11-8(6-7)13(20)14-18-10-3-1-2-9(17)12(10)15(21)19(11)14/h1-6H. The van der Waals surface area contributed by atoms with Crippen LogP contribution < -0.4 is 5.56 Å². The van der Waals surface area contributed by atoms with Crippen molar-refractivity contribution in [2.24, 2.45) is 0 Å². The zero-order valence-electron chi connectivity index (χ0n) is 10.4. The first kappa shape index (κ1) is 11.9. The molecule has 102 valence electrons. The molecule has 0 aliphatic carbocycles. The lowest BCUT2D eigenvalue weighted by Crippen LogP contribution is -2.22. The van der Waals surface area contributed by atoms with Crippen LogP contribution in [0.3, 0.4) is 0 Å². The first-order valence-corrected chi connectivity index (χ1v) is 6.14. The quantitative estimate of drug-likeness (QED) is 0.497. The Morgan fingerprint density at radius 3 is 2.67 bits per heavy atom. The molecule has 4 rings (SSSR count). The van der Waals surface area contributed by atoms with E-state index in [-0.39, 0.29) is 28.0 Å². The molecule has 0 bridgehead atoms. The van der Waals surface area contributed by atoms with Crippen LogP contribution in [0, 0.1) is 11.6 Å². The van der Waals surface area contributed by atoms with Gasteiger partial charge in [0.05, 0.1) is 16.8 Å². The third-order valence-electron chi connectivity index (χ3n) is 3.49. The van der Waals surface area contributed by atoms with E-state index in [9.17, 15) is 18.4 Å². The Hall–Kier alpha value is -2.89. The highest BCUT2D eigenvalue weighted by Gasteiger charge is 2.31. The molecule has 1 aliphatic rings. The molecule has 2 heterocycles. The normalized spacial score (nSPS) is 12.6. The first-order valence-electron chi connectivity index (χ1n) is 6.14. The largest absolute Gasteiger partial charge is 0.285 e. The van der Waals surface area contributed by atoms with E-state index >= 15 is 0 Å². The molecule has 1 aromatic heterocycles. The minimum Gasteiger partial charge on any atom is -0.285 e. The molecule has 2 aromatic carbocycles. The van der Waals surface area contributed by atoms with Crippen LogP contribution in [0.15, 0.2) is 41.2 Å². The molecule has 3 aromatic rings. The van der Waals surface area contributed by atoms with Gasteiger partial charge in [0.2, 0.25) is 5.78 Å². The lowest BCUT2D eigenvalue weighted by Gasteiger charge is -2.05. The molecule has 1 aliphatic heterocycles. The number of fused-ring (bicyclic) bond motifs is 4. The third-order valence-corrected chi connectivity index (χ3v) is 3.49. The van der Waals surface area contributed by atoms with Gasteiger partial charge < -0.3 is 0 Å². The van der Waals surface area contributed by atoms with Crippen LogP contribution in [0.2, 0.25) is 0 Å². The van der Waals surface area contributed by atoms with Gasteiger partial charge in [0.1, 0.15) is 17.0 Å². The molecule has 0 fully saturated rings. The zero-order valence-corrected chi connectivity index (χ0v) is 10.4. The highest BCUT2D eigenvalue weighted by Crippen LogP contribution is 2.27. The van der Waals surface area contributed by atoms with Gasteiger partial charge in [-0.05, 0) is 30.3 Å². The highest BCUT2D eigenvalue weighted by molar-refractivity contribution is 6.13. The summed E-state index contributed by atoms with van der Waals surface area (Å²) in [5.74, 6) is -1.96. The van der Waals surface area contributed by atoms with Crippen molar-refractivity contribution in [1.82, 2.24) is 9.55 Å². The number of aromatic nitrogens is 2. The van der Waals surface area contributed by atoms with Gasteiger partial charge in [0, 0.05) is 0 Å². The molecule has 6 heteroatoms. The Morgan fingerprint density at radius 1 is 1.05 bits per heavy atom. The van der Waals surface area contributed by atoms with Gasteiger partial charge in [-0.3, -0.25) is 14.2 Å². The predicted octanol–water partition coefficient (Wildman–Crippen LogP) is 2.21. The number of benzene rings is 2. The monoisotopic (exact) mass is 284 g/mol. The van der Waals surface area contributed by atoms with Gasteiger partial charge in [-0.1, -0.05) is 6.07 Å². The van der Waals surface area contributed by atoms with Crippen LogP contribution >= 0.6 is 0 Å². The van der Waals surface area contributed by atoms with Crippen molar-refractivity contribution >= 4 is 16.7 Å². The summed E-state index contributed by atoms with van der Waals surface area (Å²) in [6.07, 6.45) is 0. The number of hydrogen-bond donors (Lipinski definition) is 0. The maximum absolute atomic E-state index is 13.9. The molecular formula is C15H6F2N2O2. The van der Waals surface area contributed by atoms with E-state index in [1.807, 2.05) is 0 Å². The molecular weight excluding hydrogens is 278 g/mol. The van der Waals surface area contributed by atoms with Gasteiger partial charge >= 0.3 is 0 Å². The average Bonchev–Trinajstić information content (AvgIpc) is 2.73. The lowest BCUT2D eigenvalue weighted by atomic mass is 10.1. The van der Waals surface area contributed by atoms with Gasteiger partial charge in [-0.25, -0.2) is 13.8 Å². The van der Waals surface area contributed by atoms with Crippen molar-refractivity contribution in [3.05, 3.63) is 69.8 Å². The van der Waals surface area contributed by atoms with Gasteiger partial charge in [-0.2, -0.15) is 0 Å². The molecule has 0 atom stereocenters. The van der Waals surface area contributed by atoms with E-state index in [1.165, 1.54) is 18.2 Å². The van der Waals surface area contributed by atoms with Crippen molar-refractivity contribution in [2.45, 2.75) is 0 Å². The molecule has 0 spiro atoms. The van der Waals surface area contributed by atoms with Gasteiger partial charge in [-0.15, -0.1) is 0 Å². The van der Waals surface area contributed by atoms with E-state index in [1.54, 1.807) is 0 Å². The predicted molar refractivity (Wildman–Crippen MR) is 70.7 cm³/mol. The summed E-state index contributed by atoms with van der Waals surface area (Å²) in [5, 5.41) is -0.189. The van der Waals surface area contributed by atoms with Crippen LogP contribution in [0.25, 0.3) is 16.6 Å². The van der Waals surface area contributed by atoms with Crippen molar-refractivity contribution < 1.29 is 13.6 Å². The van der Waals surface area contributed by atoms with Crippen LogP contribution in [-0.2, 0) is 0 Å². The van der Waals surface area contributed by atoms with E-state index in [4.69, 9.17) is 0 Å². The fraction of sp³-hybridized carbons (Fsp3) is 0. The number of rotatable bonds is 0. The summed E-state index contributed by atoms with van der Waals surface area (Å²) in [6, 6.07) is 7.52. The maximum atomic E-state index is 13.9. The first-order chi connectivity index (χ1) is 10.1. The van der Waals surface area contributed by atoms with E-state index in [0.29, 0.717) is 0 Å². The summed E-state index contributed by atoms with van der Waals surface area (Å²) in [5.41, 5.74) is -0.297. The van der Waals surface area contributed by atoms with Gasteiger partial charge in [0.25, 0.3) is 5.56 Å². The maximum Gasteiger partial charge on any atom is 0.269 e. The number of carbonyl (C=O) groups excluding carboxylic acids is 1. The smallest absolute Gasteiger partial charge is 0.269 e. The van der Waals surface area contributed by atoms with E-state index < -0.39 is 23.0 Å². The van der Waals surface area contributed by atoms with Crippen molar-refractivity contribution in [3.8, 4) is 5.69 Å². The van der Waals surface area contributed by atoms with Crippen LogP contribution in [-0.4, -0.2) is 15.3 Å². The highest BCUT2D eigenvalue weighted by atomic mass is 19.1. The molecule has 0 unspecified atom stereocenters.